The van der Waals surface area contributed by atoms with Crippen LogP contribution >= 0.6 is 11.3 Å². The Labute approximate surface area is 311 Å². The number of ketones is 1. The number of hydrogen-bond acceptors (Lipinski definition) is 8. The topological polar surface area (TPSA) is 171 Å². The molecule has 51 heavy (non-hydrogen) atoms. The molecule has 12 nitrogen and oxygen atoms in total. The van der Waals surface area contributed by atoms with Crippen molar-refractivity contribution in [2.24, 2.45) is 34.8 Å². The van der Waals surface area contributed by atoms with E-state index in [2.05, 4.69) is 41.6 Å². The summed E-state index contributed by atoms with van der Waals surface area (Å²) in [5.41, 5.74) is 5.07. The number of nitrogens with two attached hydrogens (primary N) is 1. The number of nitrogens with zero attached hydrogens (tertiary/aromatic N) is 2. The number of rotatable bonds is 16. The van der Waals surface area contributed by atoms with Crippen LogP contribution in [0.2, 0.25) is 0 Å². The summed E-state index contributed by atoms with van der Waals surface area (Å²) in [6.07, 6.45) is 8.42. The number of likely N-dealkylation sites (tertiary alicyclic amines) is 1. The van der Waals surface area contributed by atoms with Crippen LogP contribution in [0, 0.1) is 29.1 Å². The van der Waals surface area contributed by atoms with Crippen LogP contribution in [-0.2, 0) is 41.6 Å². The van der Waals surface area contributed by atoms with Crippen LogP contribution in [-0.4, -0.2) is 83.6 Å². The second-order valence-electron chi connectivity index (χ2n) is 16.4. The first-order valence-electron chi connectivity index (χ1n) is 18.7. The molecule has 1 aromatic heterocycles. The molecule has 2 saturated carbocycles. The number of nitrogens with one attached hydrogen (secondary N) is 3. The molecule has 5 N–H and O–H groups in total. The summed E-state index contributed by atoms with van der Waals surface area (Å²) in [5.74, 6) is -2.57. The van der Waals surface area contributed by atoms with Crippen molar-refractivity contribution in [2.75, 3.05) is 20.1 Å². The summed E-state index contributed by atoms with van der Waals surface area (Å²) in [5, 5.41) is 11.0. The van der Waals surface area contributed by atoms with Crippen molar-refractivity contribution in [1.82, 2.24) is 25.8 Å². The number of amides is 5. The van der Waals surface area contributed by atoms with Crippen LogP contribution in [0.5, 0.6) is 0 Å². The normalized spacial score (nSPS) is 21.8. The van der Waals surface area contributed by atoms with Gasteiger partial charge in [-0.1, -0.05) is 73.1 Å². The summed E-state index contributed by atoms with van der Waals surface area (Å²) >= 11 is 2.02. The van der Waals surface area contributed by atoms with E-state index in [1.807, 2.05) is 32.3 Å². The first-order chi connectivity index (χ1) is 24.1. The van der Waals surface area contributed by atoms with E-state index in [0.717, 1.165) is 56.2 Å². The predicted octanol–water partition coefficient (Wildman–Crippen LogP) is 4.23. The molecule has 0 bridgehead atoms. The molecule has 4 rings (SSSR count). The Morgan fingerprint density at radius 1 is 1.00 bits per heavy atom. The lowest BCUT2D eigenvalue weighted by molar-refractivity contribution is -0.144. The molecule has 1 saturated heterocycles. The van der Waals surface area contributed by atoms with Crippen LogP contribution < -0.4 is 21.7 Å². The second-order valence-corrected chi connectivity index (χ2v) is 18.0. The number of hydrogen-bond donors (Lipinski definition) is 4. The van der Waals surface area contributed by atoms with Gasteiger partial charge in [0.25, 0.3) is 5.91 Å². The number of thiophene rings is 1. The Kier molecular flexibility index (Phi) is 14.5. The third kappa shape index (κ3) is 10.8. The number of urea groups is 1. The van der Waals surface area contributed by atoms with E-state index in [0.29, 0.717) is 49.0 Å². The van der Waals surface area contributed by atoms with Gasteiger partial charge in [-0.2, -0.15) is 0 Å². The van der Waals surface area contributed by atoms with Crippen LogP contribution in [0.1, 0.15) is 104 Å². The maximum absolute atomic E-state index is 14.7. The lowest BCUT2D eigenvalue weighted by Crippen LogP contribution is -2.61. The Hall–Kier alpha value is -2.97. The number of likely N-dealkylation sites (N-methyl/N-ethyl adjacent to an activating group) is 1. The van der Waals surface area contributed by atoms with Gasteiger partial charge < -0.3 is 26.6 Å². The lowest BCUT2D eigenvalue weighted by Gasteiger charge is -2.38. The first-order valence-corrected chi connectivity index (χ1v) is 20.3. The fourth-order valence-electron chi connectivity index (χ4n) is 7.86. The maximum Gasteiger partial charge on any atom is 0.506 e. The van der Waals surface area contributed by atoms with Crippen molar-refractivity contribution in [3.05, 3.63) is 16.3 Å². The van der Waals surface area contributed by atoms with Gasteiger partial charge >= 0.3 is 22.6 Å². The summed E-state index contributed by atoms with van der Waals surface area (Å²) in [7, 11) is 1.96. The van der Waals surface area contributed by atoms with E-state index in [1.165, 1.54) is 11.3 Å². The van der Waals surface area contributed by atoms with E-state index in [9.17, 15) is 28.2 Å². The molecule has 1 aromatic rings. The van der Waals surface area contributed by atoms with E-state index in [1.54, 1.807) is 4.90 Å². The Bertz CT molecular complexity index is 1400. The molecule has 5 amide bonds. The zero-order valence-electron chi connectivity index (χ0n) is 31.2. The molecule has 2 aliphatic carbocycles. The lowest BCUT2D eigenvalue weighted by atomic mass is 9.80. The van der Waals surface area contributed by atoms with Gasteiger partial charge in [0.2, 0.25) is 17.6 Å². The fourth-order valence-corrected chi connectivity index (χ4v) is 9.33. The zero-order valence-corrected chi connectivity index (χ0v) is 32.8. The molecule has 0 aromatic carbocycles. The minimum absolute atomic E-state index is 0.0712. The number of carbonyl (C=O) groups excluding carboxylic acids is 5. The molecule has 1 aliphatic heterocycles. The summed E-state index contributed by atoms with van der Waals surface area (Å²) in [6.45, 7) is 11.7. The van der Waals surface area contributed by atoms with Gasteiger partial charge in [-0.25, -0.2) is 4.79 Å². The minimum atomic E-state index is -1.08. The molecule has 5 atom stereocenters. The second kappa shape index (κ2) is 18.2. The third-order valence-corrected chi connectivity index (χ3v) is 12.8. The quantitative estimate of drug-likeness (QED) is 0.145. The molecule has 14 heteroatoms. The largest absolute Gasteiger partial charge is 0.506 e. The number of Topliss-reactive ketones (excluding diaryl/α,β-unsaturated/α-hetero) is 1. The van der Waals surface area contributed by atoms with Gasteiger partial charge in [0.15, 0.2) is 0 Å². The van der Waals surface area contributed by atoms with Gasteiger partial charge in [0.05, 0.1) is 10.9 Å². The molecular weight excluding hydrogens is 689 g/mol. The molecule has 3 fully saturated rings. The monoisotopic (exact) mass is 747 g/mol. The summed E-state index contributed by atoms with van der Waals surface area (Å²) in [4.78, 5) is 72.8. The highest BCUT2D eigenvalue weighted by Crippen LogP contribution is 2.35. The fraction of sp³-hybridized carbons (Fsp3) is 0.757. The van der Waals surface area contributed by atoms with Crippen molar-refractivity contribution >= 4 is 52.5 Å². The van der Waals surface area contributed by atoms with Gasteiger partial charge in [-0.15, -0.1) is 11.3 Å². The van der Waals surface area contributed by atoms with Crippen molar-refractivity contribution in [3.8, 4) is 0 Å². The van der Waals surface area contributed by atoms with Crippen LogP contribution in [0.25, 0.3) is 0 Å². The smallest absolute Gasteiger partial charge is 0.363 e. The number of carbonyl (C=O) groups is 5. The predicted molar refractivity (Wildman–Crippen MR) is 199 cm³/mol. The summed E-state index contributed by atoms with van der Waals surface area (Å²) in [6, 6.07) is -1.59. The van der Waals surface area contributed by atoms with Gasteiger partial charge in [0.1, 0.15) is 12.1 Å². The van der Waals surface area contributed by atoms with Crippen molar-refractivity contribution < 1.29 is 28.2 Å². The van der Waals surface area contributed by atoms with Gasteiger partial charge in [0, 0.05) is 36.0 Å². The molecule has 284 valence electrons. The van der Waals surface area contributed by atoms with E-state index >= 15 is 0 Å². The maximum atomic E-state index is 14.7. The Balaban J connectivity index is 1.53. The van der Waals surface area contributed by atoms with Crippen LogP contribution in [0.3, 0.4) is 0 Å². The molecule has 3 aliphatic rings. The minimum Gasteiger partial charge on any atom is -0.363 e. The van der Waals surface area contributed by atoms with Crippen LogP contribution in [0.15, 0.2) is 16.3 Å². The van der Waals surface area contributed by atoms with Crippen molar-refractivity contribution in [1.29, 1.82) is 0 Å². The SMILES string of the molecule is CC(C)[C@H]1CCN(C(=O)[C@@H](NC(=O)N[C@H](CN(C)Cc2sccc2[S+]=O)C(C)(C)C)C2CCCCC2)[C@@H]1C(=O)NC(CC1CCC1)C(=O)C(N)=O. The van der Waals surface area contributed by atoms with E-state index in [4.69, 9.17) is 5.73 Å². The van der Waals surface area contributed by atoms with E-state index in [-0.39, 0.29) is 41.0 Å². The molecule has 0 spiro atoms. The highest BCUT2D eigenvalue weighted by molar-refractivity contribution is 7.66. The highest BCUT2D eigenvalue weighted by atomic mass is 32.1. The van der Waals surface area contributed by atoms with Crippen LogP contribution in [0.4, 0.5) is 4.79 Å². The molecule has 2 heterocycles. The van der Waals surface area contributed by atoms with Crippen molar-refractivity contribution in [3.63, 3.8) is 0 Å². The number of primary amides is 1. The highest BCUT2D eigenvalue weighted by Gasteiger charge is 2.47. The molecule has 1 unspecified atom stereocenters. The Morgan fingerprint density at radius 2 is 1.69 bits per heavy atom. The zero-order chi connectivity index (χ0) is 37.5. The Morgan fingerprint density at radius 3 is 2.25 bits per heavy atom. The van der Waals surface area contributed by atoms with Crippen molar-refractivity contribution in [2.45, 2.75) is 134 Å². The average molecular weight is 748 g/mol. The van der Waals surface area contributed by atoms with Gasteiger partial charge in [-0.05, 0) is 67.2 Å². The van der Waals surface area contributed by atoms with Gasteiger partial charge in [-0.3, -0.25) is 24.1 Å². The molecule has 0 radical (unpaired) electrons. The summed E-state index contributed by atoms with van der Waals surface area (Å²) < 4.78 is 11.5. The molecular formula is C37H59N6O6S2+. The first kappa shape index (κ1) is 40.8. The standard InChI is InChI=1S/C37H58N6O6S2/c1-22(2)25-15-17-43(31(25)34(46)39-26(32(44)33(38)45)19-23-11-10-12-23)35(47)30(24-13-8-7-9-14-24)41-36(48)40-29(37(3,4)5)21-42(6)20-28-27(51-49)16-18-50-28/h16,18,22-26,29-31H,7-15,17,19-21H2,1-6H3,(H4-,38,39,40,41,45,46,48)/p+1/t25-,26?,29-,30+,31+/m1/s1. The third-order valence-electron chi connectivity index (χ3n) is 11.2. The average Bonchev–Trinajstić information content (AvgIpc) is 3.71. The van der Waals surface area contributed by atoms with E-state index < -0.39 is 41.8 Å².